The normalized spacial score (nSPS) is 15.3. The molecule has 1 aromatic carbocycles. The topological polar surface area (TPSA) is 106 Å². The summed E-state index contributed by atoms with van der Waals surface area (Å²) in [5, 5.41) is 12.8. The van der Waals surface area contributed by atoms with Crippen molar-refractivity contribution in [3.8, 4) is 5.75 Å². The molecule has 0 fully saturated rings. The lowest BCUT2D eigenvalue weighted by Crippen LogP contribution is -2.46. The van der Waals surface area contributed by atoms with Gasteiger partial charge in [-0.3, -0.25) is 4.79 Å². The van der Waals surface area contributed by atoms with Crippen LogP contribution in [-0.2, 0) is 22.4 Å². The number of fused-ring (bicyclic) bond motifs is 3. The van der Waals surface area contributed by atoms with E-state index in [1.807, 2.05) is 13.0 Å². The maximum Gasteiger partial charge on any atom is 0.339 e. The third-order valence-electron chi connectivity index (χ3n) is 5.72. The molecule has 0 radical (unpaired) electrons. The van der Waals surface area contributed by atoms with Crippen LogP contribution in [-0.4, -0.2) is 29.1 Å². The number of hydrogen-bond donors (Lipinski definition) is 2. The summed E-state index contributed by atoms with van der Waals surface area (Å²) in [6.45, 7) is 5.33. The predicted octanol–water partition coefficient (Wildman–Crippen LogP) is 3.51. The van der Waals surface area contributed by atoms with E-state index in [1.54, 1.807) is 19.9 Å². The van der Waals surface area contributed by atoms with E-state index in [2.05, 4.69) is 5.32 Å². The summed E-state index contributed by atoms with van der Waals surface area (Å²) in [6, 6.07) is 2.71. The lowest BCUT2D eigenvalue weighted by molar-refractivity contribution is -0.143. The second kappa shape index (κ2) is 9.32. The zero-order valence-corrected chi connectivity index (χ0v) is 17.7. The van der Waals surface area contributed by atoms with Gasteiger partial charge in [-0.25, -0.2) is 9.59 Å². The van der Waals surface area contributed by atoms with E-state index in [9.17, 15) is 19.5 Å². The second-order valence-electron chi connectivity index (χ2n) is 7.92. The van der Waals surface area contributed by atoms with Gasteiger partial charge in [0, 0.05) is 16.5 Å². The van der Waals surface area contributed by atoms with Crippen LogP contribution in [0.3, 0.4) is 0 Å². The molecule has 30 heavy (non-hydrogen) atoms. The molecule has 0 spiro atoms. The molecule has 0 bridgehead atoms. The molecule has 7 heteroatoms. The lowest BCUT2D eigenvalue weighted by Gasteiger charge is -2.21. The lowest BCUT2D eigenvalue weighted by atomic mass is 9.90. The average molecular weight is 415 g/mol. The van der Waals surface area contributed by atoms with Crippen LogP contribution in [0.1, 0.15) is 62.6 Å². The average Bonchev–Trinajstić information content (AvgIpc) is 2.73. The van der Waals surface area contributed by atoms with Crippen molar-refractivity contribution in [2.45, 2.75) is 77.9 Å². The van der Waals surface area contributed by atoms with E-state index in [1.165, 1.54) is 0 Å². The van der Waals surface area contributed by atoms with Crippen molar-refractivity contribution < 1.29 is 23.8 Å². The fraction of sp³-hybridized carbons (Fsp3) is 0.522. The van der Waals surface area contributed by atoms with E-state index in [-0.39, 0.29) is 5.63 Å². The summed E-state index contributed by atoms with van der Waals surface area (Å²) < 4.78 is 11.4. The number of carboxylic acids is 1. The summed E-state index contributed by atoms with van der Waals surface area (Å²) >= 11 is 0. The third kappa shape index (κ3) is 4.50. The fourth-order valence-electron chi connectivity index (χ4n) is 3.95. The highest BCUT2D eigenvalue weighted by Crippen LogP contribution is 2.32. The van der Waals surface area contributed by atoms with Crippen molar-refractivity contribution in [3.63, 3.8) is 0 Å². The minimum atomic E-state index is -1.06. The maximum absolute atomic E-state index is 12.5. The van der Waals surface area contributed by atoms with Crippen LogP contribution in [0.5, 0.6) is 5.75 Å². The highest BCUT2D eigenvalue weighted by Gasteiger charge is 2.25. The van der Waals surface area contributed by atoms with Crippen LogP contribution in [0.25, 0.3) is 11.0 Å². The first-order valence-electron chi connectivity index (χ1n) is 10.6. The van der Waals surface area contributed by atoms with Gasteiger partial charge in [0.1, 0.15) is 17.4 Å². The van der Waals surface area contributed by atoms with Gasteiger partial charge < -0.3 is 19.6 Å². The van der Waals surface area contributed by atoms with Gasteiger partial charge in [-0.05, 0) is 63.6 Å². The van der Waals surface area contributed by atoms with Crippen molar-refractivity contribution in [2.24, 2.45) is 0 Å². The molecule has 1 heterocycles. The summed E-state index contributed by atoms with van der Waals surface area (Å²) in [5.41, 5.74) is 2.65. The smallest absolute Gasteiger partial charge is 0.339 e. The van der Waals surface area contributed by atoms with Crippen LogP contribution in [0.2, 0.25) is 0 Å². The van der Waals surface area contributed by atoms with E-state index in [0.29, 0.717) is 29.7 Å². The Labute approximate surface area is 175 Å². The number of hydrogen-bond acceptors (Lipinski definition) is 5. The van der Waals surface area contributed by atoms with Crippen molar-refractivity contribution in [3.05, 3.63) is 39.2 Å². The number of amides is 1. The largest absolute Gasteiger partial charge is 0.480 e. The van der Waals surface area contributed by atoms with Crippen LogP contribution >= 0.6 is 0 Å². The summed E-state index contributed by atoms with van der Waals surface area (Å²) in [7, 11) is 0. The van der Waals surface area contributed by atoms with E-state index in [0.717, 1.165) is 48.6 Å². The second-order valence-corrected chi connectivity index (χ2v) is 7.92. The fourth-order valence-corrected chi connectivity index (χ4v) is 3.95. The molecule has 1 aliphatic carbocycles. The zero-order chi connectivity index (χ0) is 21.8. The standard InChI is InChI=1S/C23H29NO6/c1-4-5-10-18(22(26)27)24-21(25)14(3)29-19-12-11-16-15-8-6-7-9-17(15)23(28)30-20(16)13(19)2/h11-12,14,18H,4-10H2,1-3H3,(H,24,25)(H,26,27). The van der Waals surface area contributed by atoms with Gasteiger partial charge in [0.25, 0.3) is 5.91 Å². The molecule has 7 nitrogen and oxygen atoms in total. The number of unbranched alkanes of at least 4 members (excludes halogenated alkanes) is 1. The van der Waals surface area contributed by atoms with Gasteiger partial charge in [0.2, 0.25) is 0 Å². The Hall–Kier alpha value is -2.83. The van der Waals surface area contributed by atoms with E-state index >= 15 is 0 Å². The highest BCUT2D eigenvalue weighted by atomic mass is 16.5. The Bertz CT molecular complexity index is 1010. The van der Waals surface area contributed by atoms with E-state index in [4.69, 9.17) is 9.15 Å². The third-order valence-corrected chi connectivity index (χ3v) is 5.72. The van der Waals surface area contributed by atoms with Gasteiger partial charge in [-0.15, -0.1) is 0 Å². The number of aryl methyl sites for hydroxylation is 2. The van der Waals surface area contributed by atoms with Crippen molar-refractivity contribution in [1.82, 2.24) is 5.32 Å². The molecule has 2 N–H and O–H groups in total. The van der Waals surface area contributed by atoms with Gasteiger partial charge in [-0.2, -0.15) is 0 Å². The molecule has 1 amide bonds. The molecule has 2 aromatic rings. The zero-order valence-electron chi connectivity index (χ0n) is 17.7. The summed E-state index contributed by atoms with van der Waals surface area (Å²) in [4.78, 5) is 36.3. The first-order chi connectivity index (χ1) is 14.3. The number of ether oxygens (including phenoxy) is 1. The summed E-state index contributed by atoms with van der Waals surface area (Å²) in [5.74, 6) is -1.12. The molecule has 1 aromatic heterocycles. The SMILES string of the molecule is CCCCC(NC(=O)C(C)Oc1ccc2c3c(c(=O)oc2c1C)CCCC3)C(=O)O. The molecule has 2 atom stereocenters. The Morgan fingerprint density at radius 2 is 1.93 bits per heavy atom. The molecular weight excluding hydrogens is 386 g/mol. The highest BCUT2D eigenvalue weighted by molar-refractivity contribution is 5.88. The number of carbonyl (C=O) groups excluding carboxylic acids is 1. The van der Waals surface area contributed by atoms with Crippen LogP contribution in [0.15, 0.2) is 21.3 Å². The molecule has 1 aliphatic rings. The monoisotopic (exact) mass is 415 g/mol. The molecule has 0 saturated carbocycles. The van der Waals surface area contributed by atoms with Gasteiger partial charge in [0.05, 0.1) is 0 Å². The Morgan fingerprint density at radius 1 is 1.23 bits per heavy atom. The molecule has 162 valence electrons. The van der Waals surface area contributed by atoms with Crippen molar-refractivity contribution >= 4 is 22.8 Å². The molecule has 0 saturated heterocycles. The van der Waals surface area contributed by atoms with Gasteiger partial charge >= 0.3 is 11.6 Å². The molecular formula is C23H29NO6. The molecule has 3 rings (SSSR count). The molecule has 2 unspecified atom stereocenters. The number of carbonyl (C=O) groups is 2. The number of aliphatic carboxylic acids is 1. The number of benzene rings is 1. The quantitative estimate of drug-likeness (QED) is 0.639. The Kier molecular flexibility index (Phi) is 6.80. The predicted molar refractivity (Wildman–Crippen MR) is 113 cm³/mol. The van der Waals surface area contributed by atoms with Crippen LogP contribution in [0.4, 0.5) is 0 Å². The van der Waals surface area contributed by atoms with Gasteiger partial charge in [0.15, 0.2) is 6.10 Å². The Balaban J connectivity index is 1.81. The van der Waals surface area contributed by atoms with Crippen molar-refractivity contribution in [1.29, 1.82) is 0 Å². The number of rotatable bonds is 8. The Morgan fingerprint density at radius 3 is 2.60 bits per heavy atom. The summed E-state index contributed by atoms with van der Waals surface area (Å²) in [6.07, 6.45) is 4.66. The molecule has 0 aliphatic heterocycles. The minimum Gasteiger partial charge on any atom is -0.480 e. The first-order valence-corrected chi connectivity index (χ1v) is 10.6. The maximum atomic E-state index is 12.5. The number of nitrogens with one attached hydrogen (secondary N) is 1. The van der Waals surface area contributed by atoms with Crippen LogP contribution < -0.4 is 15.7 Å². The van der Waals surface area contributed by atoms with Gasteiger partial charge in [-0.1, -0.05) is 19.8 Å². The number of carboxylic acid groups (broad SMARTS) is 1. The minimum absolute atomic E-state index is 0.302. The van der Waals surface area contributed by atoms with E-state index < -0.39 is 24.0 Å². The first kappa shape index (κ1) is 21.9. The van der Waals surface area contributed by atoms with Crippen molar-refractivity contribution in [2.75, 3.05) is 0 Å². The van der Waals surface area contributed by atoms with Crippen LogP contribution in [0, 0.1) is 6.92 Å².